The van der Waals surface area contributed by atoms with Crippen molar-refractivity contribution in [3.63, 3.8) is 0 Å². The monoisotopic (exact) mass is 580 g/mol. The van der Waals surface area contributed by atoms with E-state index in [0.717, 1.165) is 43.8 Å². The zero-order valence-corrected chi connectivity index (χ0v) is 24.0. The van der Waals surface area contributed by atoms with Gasteiger partial charge in [0.2, 0.25) is 0 Å². The Bertz CT molecular complexity index is 1800. The van der Waals surface area contributed by atoms with Gasteiger partial charge in [-0.05, 0) is 76.0 Å². The number of nitrogens with zero attached hydrogens (tertiary/aromatic N) is 2. The van der Waals surface area contributed by atoms with E-state index in [1.54, 1.807) is 24.3 Å². The molecule has 0 radical (unpaired) electrons. The predicted octanol–water partition coefficient (Wildman–Crippen LogP) is 8.37. The van der Waals surface area contributed by atoms with Crippen molar-refractivity contribution >= 4 is 22.4 Å². The summed E-state index contributed by atoms with van der Waals surface area (Å²) in [6.07, 6.45) is -3.59. The summed E-state index contributed by atoms with van der Waals surface area (Å²) in [7, 11) is 4.12. The largest absolute Gasteiger partial charge is 0.423 e. The summed E-state index contributed by atoms with van der Waals surface area (Å²) < 4.78 is 44.9. The van der Waals surface area contributed by atoms with Crippen LogP contribution in [0.1, 0.15) is 32.6 Å². The van der Waals surface area contributed by atoms with E-state index in [4.69, 9.17) is 4.74 Å². The van der Waals surface area contributed by atoms with Crippen LogP contribution in [-0.4, -0.2) is 31.5 Å². The van der Waals surface area contributed by atoms with Crippen LogP contribution < -0.4 is 9.64 Å². The van der Waals surface area contributed by atoms with E-state index >= 15 is 0 Å². The molecule has 0 fully saturated rings. The van der Waals surface area contributed by atoms with E-state index in [1.165, 1.54) is 39.7 Å². The quantitative estimate of drug-likeness (QED) is 0.149. The smallest absolute Gasteiger partial charge is 0.416 e. The van der Waals surface area contributed by atoms with Gasteiger partial charge in [0.25, 0.3) is 0 Å². The molecule has 6 rings (SSSR count). The van der Waals surface area contributed by atoms with Gasteiger partial charge in [-0.2, -0.15) is 13.2 Å². The second kappa shape index (κ2) is 11.6. The fraction of sp³-hybridized carbons (Fsp3) is 0.194. The number of ether oxygens (including phenoxy) is 1. The highest BCUT2D eigenvalue weighted by atomic mass is 19.4. The molecule has 43 heavy (non-hydrogen) atoms. The van der Waals surface area contributed by atoms with E-state index in [0.29, 0.717) is 22.4 Å². The van der Waals surface area contributed by atoms with Gasteiger partial charge >= 0.3 is 12.1 Å². The average Bonchev–Trinajstić information content (AvgIpc) is 3.00. The van der Waals surface area contributed by atoms with Crippen LogP contribution in [0.4, 0.5) is 18.9 Å². The van der Waals surface area contributed by atoms with Crippen molar-refractivity contribution < 1.29 is 22.7 Å². The number of carbonyl (C=O) groups excluding carboxylic acids is 1. The first-order chi connectivity index (χ1) is 20.7. The van der Waals surface area contributed by atoms with Crippen molar-refractivity contribution in [1.82, 2.24) is 4.90 Å². The molecule has 1 heterocycles. The summed E-state index contributed by atoms with van der Waals surface area (Å²) in [5.41, 5.74) is 5.42. The second-order valence-electron chi connectivity index (χ2n) is 11.1. The van der Waals surface area contributed by atoms with Crippen molar-refractivity contribution in [2.45, 2.75) is 25.7 Å². The highest BCUT2D eigenvalue weighted by Gasteiger charge is 2.30. The minimum absolute atomic E-state index is 0.290. The Labute approximate surface area is 248 Å². The third-order valence-corrected chi connectivity index (χ3v) is 8.02. The van der Waals surface area contributed by atoms with Gasteiger partial charge in [0.1, 0.15) is 5.75 Å². The maximum Gasteiger partial charge on any atom is 0.416 e. The van der Waals surface area contributed by atoms with Crippen molar-refractivity contribution in [3.05, 3.63) is 131 Å². The third kappa shape index (κ3) is 5.99. The number of esters is 1. The molecule has 1 aliphatic rings. The van der Waals surface area contributed by atoms with Crippen LogP contribution in [0.5, 0.6) is 5.75 Å². The zero-order valence-electron chi connectivity index (χ0n) is 24.0. The lowest BCUT2D eigenvalue weighted by Gasteiger charge is -2.29. The summed E-state index contributed by atoms with van der Waals surface area (Å²) in [4.78, 5) is 17.8. The minimum Gasteiger partial charge on any atom is -0.423 e. The molecule has 0 atom stereocenters. The molecule has 0 aromatic heterocycles. The van der Waals surface area contributed by atoms with Crippen LogP contribution in [0.15, 0.2) is 103 Å². The molecule has 0 N–H and O–H groups in total. The first-order valence-corrected chi connectivity index (χ1v) is 14.2. The summed E-state index contributed by atoms with van der Waals surface area (Å²) in [5.74, 6) is -0.106. The number of rotatable bonds is 6. The Hall–Kier alpha value is -4.62. The fourth-order valence-corrected chi connectivity index (χ4v) is 5.81. The van der Waals surface area contributed by atoms with E-state index in [9.17, 15) is 18.0 Å². The molecular formula is C36H31F3N2O2. The normalized spacial score (nSPS) is 13.5. The molecule has 4 nitrogen and oxygen atoms in total. The highest BCUT2D eigenvalue weighted by molar-refractivity contribution is 5.98. The van der Waals surface area contributed by atoms with Gasteiger partial charge in [-0.3, -0.25) is 4.90 Å². The number of anilines is 1. The highest BCUT2D eigenvalue weighted by Crippen LogP contribution is 2.33. The van der Waals surface area contributed by atoms with Gasteiger partial charge in [-0.1, -0.05) is 66.7 Å². The fourth-order valence-electron chi connectivity index (χ4n) is 5.81. The summed E-state index contributed by atoms with van der Waals surface area (Å²) in [5, 5.41) is 2.51. The molecular weight excluding hydrogens is 549 g/mol. The van der Waals surface area contributed by atoms with Crippen molar-refractivity contribution in [2.75, 3.05) is 25.5 Å². The van der Waals surface area contributed by atoms with Gasteiger partial charge in [-0.15, -0.1) is 0 Å². The first-order valence-electron chi connectivity index (χ1n) is 14.2. The van der Waals surface area contributed by atoms with Crippen LogP contribution >= 0.6 is 0 Å². The Morgan fingerprint density at radius 3 is 2.30 bits per heavy atom. The number of hydrogen-bond donors (Lipinski definition) is 0. The molecule has 0 aliphatic carbocycles. The molecule has 0 unspecified atom stereocenters. The summed E-state index contributed by atoms with van der Waals surface area (Å²) in [6, 6.07) is 30.2. The van der Waals surface area contributed by atoms with E-state index in [-0.39, 0.29) is 0 Å². The van der Waals surface area contributed by atoms with Crippen LogP contribution in [0.3, 0.4) is 0 Å². The molecule has 0 saturated carbocycles. The molecule has 0 bridgehead atoms. The number of hydrogen-bond acceptors (Lipinski definition) is 4. The molecule has 0 saturated heterocycles. The SMILES string of the molecule is CN(C)c1ccc(CN2CCc3cc(OC(=O)c4ccccc4-c4ccc(C(F)(F)F)cc4)ccc3C2)c2ccccc12. The van der Waals surface area contributed by atoms with E-state index in [2.05, 4.69) is 60.3 Å². The molecule has 218 valence electrons. The number of fused-ring (bicyclic) bond motifs is 2. The van der Waals surface area contributed by atoms with Crippen molar-refractivity contribution in [3.8, 4) is 16.9 Å². The molecule has 0 spiro atoms. The summed E-state index contributed by atoms with van der Waals surface area (Å²) in [6.45, 7) is 2.51. The van der Waals surface area contributed by atoms with Gasteiger partial charge in [0, 0.05) is 44.8 Å². The van der Waals surface area contributed by atoms with Gasteiger partial charge in [-0.25, -0.2) is 4.79 Å². The molecule has 0 amide bonds. The minimum atomic E-state index is -4.42. The first kappa shape index (κ1) is 28.5. The van der Waals surface area contributed by atoms with Gasteiger partial charge < -0.3 is 9.64 Å². The molecule has 7 heteroatoms. The van der Waals surface area contributed by atoms with E-state index < -0.39 is 17.7 Å². The van der Waals surface area contributed by atoms with Crippen molar-refractivity contribution in [1.29, 1.82) is 0 Å². The summed E-state index contributed by atoms with van der Waals surface area (Å²) >= 11 is 0. The van der Waals surface area contributed by atoms with Gasteiger partial charge in [0.05, 0.1) is 11.1 Å². The lowest BCUT2D eigenvalue weighted by atomic mass is 9.97. The Balaban J connectivity index is 1.17. The Morgan fingerprint density at radius 2 is 1.56 bits per heavy atom. The molecule has 5 aromatic carbocycles. The number of benzene rings is 5. The topological polar surface area (TPSA) is 32.8 Å². The average molecular weight is 581 g/mol. The van der Waals surface area contributed by atoms with Crippen LogP contribution in [0.2, 0.25) is 0 Å². The maximum atomic E-state index is 13.2. The second-order valence-corrected chi connectivity index (χ2v) is 11.1. The lowest BCUT2D eigenvalue weighted by molar-refractivity contribution is -0.137. The Kier molecular flexibility index (Phi) is 7.67. The zero-order chi connectivity index (χ0) is 30.1. The predicted molar refractivity (Wildman–Crippen MR) is 164 cm³/mol. The third-order valence-electron chi connectivity index (χ3n) is 8.02. The Morgan fingerprint density at radius 1 is 0.837 bits per heavy atom. The standard InChI is InChI=1S/C36H31F3N2O2/c1-40(2)34-18-14-27(31-8-3-5-9-32(31)34)23-41-20-19-25-21-29(17-13-26(25)22-41)43-35(42)33-10-6-4-7-30(33)24-11-15-28(16-12-24)36(37,38)39/h3-18,21H,19-20,22-23H2,1-2H3. The number of halogens is 3. The molecule has 5 aromatic rings. The lowest BCUT2D eigenvalue weighted by Crippen LogP contribution is -2.30. The van der Waals surface area contributed by atoms with Crippen molar-refractivity contribution in [2.24, 2.45) is 0 Å². The van der Waals surface area contributed by atoms with Crippen LogP contribution in [-0.2, 0) is 25.7 Å². The maximum absolute atomic E-state index is 13.2. The van der Waals surface area contributed by atoms with Crippen LogP contribution in [0.25, 0.3) is 21.9 Å². The number of carbonyl (C=O) groups is 1. The van der Waals surface area contributed by atoms with Crippen LogP contribution in [0, 0.1) is 0 Å². The molecule has 1 aliphatic heterocycles. The van der Waals surface area contributed by atoms with E-state index in [1.807, 2.05) is 18.2 Å². The van der Waals surface area contributed by atoms with Gasteiger partial charge in [0.15, 0.2) is 0 Å². The number of alkyl halides is 3.